The van der Waals surface area contributed by atoms with Crippen molar-refractivity contribution in [3.05, 3.63) is 60.7 Å². The average molecular weight is 891 g/mol. The number of carbonyl (C=O) groups is 3. The van der Waals surface area contributed by atoms with Crippen molar-refractivity contribution in [3.63, 3.8) is 0 Å². The summed E-state index contributed by atoms with van der Waals surface area (Å²) in [6.07, 6.45) is 30.9. The van der Waals surface area contributed by atoms with Crippen LogP contribution in [0.2, 0.25) is 5.04 Å². The molecule has 0 heterocycles. The molecule has 2 aromatic carbocycles. The van der Waals surface area contributed by atoms with Crippen molar-refractivity contribution in [1.29, 1.82) is 0 Å². The van der Waals surface area contributed by atoms with Crippen molar-refractivity contribution in [2.24, 2.45) is 0 Å². The molecule has 2 amide bonds. The molecular weight excluding hydrogens is 797 g/mol. The molecule has 0 aliphatic rings. The Labute approximate surface area is 387 Å². The third kappa shape index (κ3) is 24.8. The van der Waals surface area contributed by atoms with Crippen molar-refractivity contribution in [2.75, 3.05) is 13.2 Å². The summed E-state index contributed by atoms with van der Waals surface area (Å²) in [6.45, 7) is 13.9. The molecule has 0 spiro atoms. The number of hydrogen-bond acceptors (Lipinski definition) is 5. The predicted molar refractivity (Wildman–Crippen MR) is 269 cm³/mol. The molecule has 63 heavy (non-hydrogen) atoms. The largest absolute Gasteiger partial charge is 0.462 e. The summed E-state index contributed by atoms with van der Waals surface area (Å²) in [5.74, 6) is -0.373. The minimum Gasteiger partial charge on any atom is -0.462 e. The molecule has 2 atom stereocenters. The smallest absolute Gasteiger partial charge is 0.306 e. The van der Waals surface area contributed by atoms with E-state index in [4.69, 9.17) is 9.16 Å². The summed E-state index contributed by atoms with van der Waals surface area (Å²) in [5, 5.41) is 8.54. The standard InChI is InChI=1S/C55H94N2O5Si/c1-7-10-13-16-18-20-21-23-24-27-36-43-52(58)57-48(47-61-63(55(4,5)6,50-39-32-29-33-40-50)51-41-34-30-35-42-51)46-56-53(59)45-49(38-31-26-15-12-9-3)62-54(60)44-37-28-25-22-19-17-14-11-8-2/h29-30,32-35,39-42,48-49H,7-28,31,36-38,43-47H2,1-6H3,(H,56,59)(H,57,58)/t48-,49-/m1/s1. The Morgan fingerprint density at radius 3 is 1.40 bits per heavy atom. The van der Waals surface area contributed by atoms with Gasteiger partial charge in [0.15, 0.2) is 0 Å². The molecule has 0 aliphatic carbocycles. The van der Waals surface area contributed by atoms with Gasteiger partial charge >= 0.3 is 5.97 Å². The number of benzene rings is 2. The van der Waals surface area contributed by atoms with E-state index >= 15 is 0 Å². The van der Waals surface area contributed by atoms with Gasteiger partial charge in [0.1, 0.15) is 6.10 Å². The lowest BCUT2D eigenvalue weighted by Gasteiger charge is -2.43. The minimum absolute atomic E-state index is 0.00778. The topological polar surface area (TPSA) is 93.7 Å². The van der Waals surface area contributed by atoms with Gasteiger partial charge in [-0.25, -0.2) is 0 Å². The van der Waals surface area contributed by atoms with Crippen molar-refractivity contribution in [3.8, 4) is 0 Å². The maximum absolute atomic E-state index is 13.7. The van der Waals surface area contributed by atoms with Crippen LogP contribution in [0.15, 0.2) is 60.7 Å². The van der Waals surface area contributed by atoms with Crippen molar-refractivity contribution < 1.29 is 23.5 Å². The van der Waals surface area contributed by atoms with Gasteiger partial charge in [-0.1, -0.05) is 243 Å². The van der Waals surface area contributed by atoms with Crippen molar-refractivity contribution >= 4 is 36.5 Å². The molecule has 0 radical (unpaired) electrons. The monoisotopic (exact) mass is 891 g/mol. The first kappa shape index (κ1) is 56.2. The van der Waals surface area contributed by atoms with Crippen molar-refractivity contribution in [1.82, 2.24) is 10.6 Å². The maximum atomic E-state index is 13.7. The molecule has 0 fully saturated rings. The van der Waals surface area contributed by atoms with Crippen LogP contribution >= 0.6 is 0 Å². The van der Waals surface area contributed by atoms with Crippen LogP contribution in [0.1, 0.15) is 228 Å². The number of unbranched alkanes of at least 4 members (excludes halogenated alkanes) is 22. The van der Waals surface area contributed by atoms with Gasteiger partial charge in [0.25, 0.3) is 8.32 Å². The van der Waals surface area contributed by atoms with Crippen LogP contribution in [0, 0.1) is 0 Å². The van der Waals surface area contributed by atoms with Crippen LogP contribution in [-0.4, -0.2) is 51.4 Å². The summed E-state index contributed by atoms with van der Waals surface area (Å²) in [5.41, 5.74) is 0. The normalized spacial score (nSPS) is 12.8. The Morgan fingerprint density at radius 2 is 0.952 bits per heavy atom. The average Bonchev–Trinajstić information content (AvgIpc) is 3.27. The molecule has 7 nitrogen and oxygen atoms in total. The highest BCUT2D eigenvalue weighted by Crippen LogP contribution is 2.37. The second-order valence-corrected chi connectivity index (χ2v) is 23.7. The van der Waals surface area contributed by atoms with E-state index in [1.54, 1.807) is 0 Å². The molecule has 358 valence electrons. The van der Waals surface area contributed by atoms with E-state index in [1.807, 2.05) is 12.1 Å². The Kier molecular flexibility index (Phi) is 31.5. The second kappa shape index (κ2) is 35.3. The van der Waals surface area contributed by atoms with Gasteiger partial charge in [0, 0.05) is 19.4 Å². The molecule has 0 saturated carbocycles. The van der Waals surface area contributed by atoms with E-state index in [0.29, 0.717) is 19.3 Å². The maximum Gasteiger partial charge on any atom is 0.306 e. The molecule has 0 aromatic heterocycles. The zero-order chi connectivity index (χ0) is 45.9. The van der Waals surface area contributed by atoms with Crippen LogP contribution in [0.5, 0.6) is 0 Å². The molecule has 0 aliphatic heterocycles. The number of rotatable bonds is 39. The van der Waals surface area contributed by atoms with Gasteiger partial charge in [-0.2, -0.15) is 0 Å². The van der Waals surface area contributed by atoms with E-state index in [2.05, 4.69) is 101 Å². The minimum atomic E-state index is -2.89. The van der Waals surface area contributed by atoms with E-state index in [0.717, 1.165) is 64.2 Å². The Hall–Kier alpha value is -2.97. The van der Waals surface area contributed by atoms with Crippen LogP contribution in [0.3, 0.4) is 0 Å². The SMILES string of the molecule is CCCCCCCCCCCCCC(=O)N[C@H](CNC(=O)C[C@@H](CCCCCCC)OC(=O)CCCCCCCCCCC)CO[Si](c1ccccc1)(c1ccccc1)C(C)(C)C. The highest BCUT2D eigenvalue weighted by Gasteiger charge is 2.50. The van der Waals surface area contributed by atoms with Gasteiger partial charge in [-0.15, -0.1) is 0 Å². The number of ether oxygens (including phenoxy) is 1. The Balaban J connectivity index is 2.12. The highest BCUT2D eigenvalue weighted by atomic mass is 28.4. The van der Waals surface area contributed by atoms with Crippen LogP contribution < -0.4 is 21.0 Å². The van der Waals surface area contributed by atoms with Gasteiger partial charge in [-0.3, -0.25) is 14.4 Å². The number of hydrogen-bond donors (Lipinski definition) is 2. The summed E-state index contributed by atoms with van der Waals surface area (Å²) in [4.78, 5) is 40.4. The fourth-order valence-corrected chi connectivity index (χ4v) is 13.5. The molecule has 2 aromatic rings. The van der Waals surface area contributed by atoms with Crippen LogP contribution in [-0.2, 0) is 23.5 Å². The molecular formula is C55H94N2O5Si. The molecule has 0 unspecified atom stereocenters. The summed E-state index contributed by atoms with van der Waals surface area (Å²) in [7, 11) is -2.89. The lowest BCUT2D eigenvalue weighted by atomic mass is 10.0. The molecule has 2 rings (SSSR count). The zero-order valence-corrected chi connectivity index (χ0v) is 42.4. The van der Waals surface area contributed by atoms with Gasteiger partial charge in [-0.05, 0) is 41.1 Å². The van der Waals surface area contributed by atoms with E-state index in [-0.39, 0.29) is 42.4 Å². The predicted octanol–water partition coefficient (Wildman–Crippen LogP) is 13.4. The number of nitrogens with one attached hydrogen (secondary N) is 2. The Bertz CT molecular complexity index is 1390. The highest BCUT2D eigenvalue weighted by molar-refractivity contribution is 6.99. The van der Waals surface area contributed by atoms with E-state index in [9.17, 15) is 14.4 Å². The molecule has 0 bridgehead atoms. The van der Waals surface area contributed by atoms with Crippen LogP contribution in [0.25, 0.3) is 0 Å². The lowest BCUT2D eigenvalue weighted by molar-refractivity contribution is -0.151. The van der Waals surface area contributed by atoms with E-state index < -0.39 is 20.5 Å². The number of esters is 1. The first-order valence-corrected chi connectivity index (χ1v) is 28.0. The first-order valence-electron chi connectivity index (χ1n) is 26.1. The second-order valence-electron chi connectivity index (χ2n) is 19.4. The van der Waals surface area contributed by atoms with E-state index in [1.165, 1.54) is 107 Å². The fourth-order valence-electron chi connectivity index (χ4n) is 8.91. The summed E-state index contributed by atoms with van der Waals surface area (Å²) < 4.78 is 13.3. The summed E-state index contributed by atoms with van der Waals surface area (Å²) >= 11 is 0. The first-order chi connectivity index (χ1) is 30.6. The van der Waals surface area contributed by atoms with Crippen LogP contribution in [0.4, 0.5) is 0 Å². The lowest BCUT2D eigenvalue weighted by Crippen LogP contribution is -2.67. The van der Waals surface area contributed by atoms with Gasteiger partial charge in [0.2, 0.25) is 11.8 Å². The third-order valence-corrected chi connectivity index (χ3v) is 17.7. The number of carbonyl (C=O) groups excluding carboxylic acids is 3. The number of amides is 2. The summed E-state index contributed by atoms with van der Waals surface area (Å²) in [6, 6.07) is 20.6. The van der Waals surface area contributed by atoms with Gasteiger partial charge < -0.3 is 19.8 Å². The van der Waals surface area contributed by atoms with Crippen molar-refractivity contribution in [2.45, 2.75) is 245 Å². The molecule has 8 heteroatoms. The Morgan fingerprint density at radius 1 is 0.540 bits per heavy atom. The zero-order valence-electron chi connectivity index (χ0n) is 41.4. The fraction of sp³-hybridized carbons (Fsp3) is 0.727. The van der Waals surface area contributed by atoms with Gasteiger partial charge in [0.05, 0.1) is 19.1 Å². The quantitative estimate of drug-likeness (QED) is 0.0396. The molecule has 0 saturated heterocycles. The molecule has 2 N–H and O–H groups in total. The third-order valence-electron chi connectivity index (χ3n) is 12.7.